The van der Waals surface area contributed by atoms with Crippen LogP contribution in [0.5, 0.6) is 23.0 Å². The van der Waals surface area contributed by atoms with E-state index in [1.165, 1.54) is 0 Å². The predicted octanol–water partition coefficient (Wildman–Crippen LogP) is 2.80. The molecule has 3 rings (SSSR count). The number of benzene rings is 2. The van der Waals surface area contributed by atoms with Gasteiger partial charge in [-0.25, -0.2) is 4.99 Å². The summed E-state index contributed by atoms with van der Waals surface area (Å²) in [5, 5.41) is 3.09. The summed E-state index contributed by atoms with van der Waals surface area (Å²) in [6.07, 6.45) is 0. The molecule has 1 aliphatic rings. The first-order valence-electron chi connectivity index (χ1n) is 7.93. The molecule has 0 spiro atoms. The van der Waals surface area contributed by atoms with Gasteiger partial charge in [-0.05, 0) is 51.3 Å². The third-order valence-electron chi connectivity index (χ3n) is 3.84. The summed E-state index contributed by atoms with van der Waals surface area (Å²) in [5.41, 5.74) is 7.94. The number of fused-ring (bicyclic) bond motifs is 1. The highest BCUT2D eigenvalue weighted by molar-refractivity contribution is 9.10. The number of hydrogen-bond acceptors (Lipinski definition) is 5. The molecule has 0 radical (unpaired) electrons. The highest BCUT2D eigenvalue weighted by Crippen LogP contribution is 2.40. The Morgan fingerprint density at radius 1 is 1.15 bits per heavy atom. The standard InChI is InChI=1S/C18H20BrN3O4/c1-23-14-4-3-11(6-15(14)24-2)8-21-18(20)22-9-12-5-13(19)17-16(7-12)25-10-26-17/h3-7H,8-10H2,1-2H3,(H3,20,21,22). The number of guanidine groups is 1. The molecule has 0 bridgehead atoms. The lowest BCUT2D eigenvalue weighted by molar-refractivity contribution is 0.173. The van der Waals surface area contributed by atoms with Crippen molar-refractivity contribution in [2.75, 3.05) is 21.0 Å². The number of nitrogens with zero attached hydrogens (tertiary/aromatic N) is 1. The zero-order valence-electron chi connectivity index (χ0n) is 14.5. The van der Waals surface area contributed by atoms with E-state index >= 15 is 0 Å². The topological polar surface area (TPSA) is 87.3 Å². The number of rotatable bonds is 6. The van der Waals surface area contributed by atoms with Gasteiger partial charge in [-0.1, -0.05) is 6.07 Å². The molecule has 0 atom stereocenters. The predicted molar refractivity (Wildman–Crippen MR) is 102 cm³/mol. The zero-order valence-corrected chi connectivity index (χ0v) is 16.1. The Kier molecular flexibility index (Phi) is 5.72. The summed E-state index contributed by atoms with van der Waals surface area (Å²) in [4.78, 5) is 4.36. The maximum atomic E-state index is 5.96. The van der Waals surface area contributed by atoms with E-state index in [0.29, 0.717) is 36.3 Å². The molecule has 0 unspecified atom stereocenters. The molecule has 138 valence electrons. The average Bonchev–Trinajstić information content (AvgIpc) is 3.13. The normalized spacial score (nSPS) is 12.8. The fourth-order valence-corrected chi connectivity index (χ4v) is 3.13. The quantitative estimate of drug-likeness (QED) is 0.550. The molecule has 0 aliphatic carbocycles. The Morgan fingerprint density at radius 2 is 1.96 bits per heavy atom. The molecular formula is C18H20BrN3O4. The average molecular weight is 422 g/mol. The Labute approximate surface area is 160 Å². The summed E-state index contributed by atoms with van der Waals surface area (Å²) in [7, 11) is 3.21. The molecule has 0 saturated heterocycles. The van der Waals surface area contributed by atoms with E-state index in [0.717, 1.165) is 21.3 Å². The Balaban J connectivity index is 1.60. The molecule has 0 amide bonds. The third kappa shape index (κ3) is 4.13. The van der Waals surface area contributed by atoms with Crippen LogP contribution in [-0.4, -0.2) is 27.0 Å². The van der Waals surface area contributed by atoms with Crippen LogP contribution in [0.25, 0.3) is 0 Å². The first-order valence-corrected chi connectivity index (χ1v) is 8.72. The summed E-state index contributed by atoms with van der Waals surface area (Å²) in [6, 6.07) is 9.54. The van der Waals surface area contributed by atoms with Gasteiger partial charge in [-0.3, -0.25) is 0 Å². The van der Waals surface area contributed by atoms with Crippen molar-refractivity contribution in [3.63, 3.8) is 0 Å². The van der Waals surface area contributed by atoms with Crippen molar-refractivity contribution in [2.45, 2.75) is 13.1 Å². The van der Waals surface area contributed by atoms with Crippen LogP contribution in [-0.2, 0) is 13.1 Å². The second-order valence-corrected chi connectivity index (χ2v) is 6.41. The van der Waals surface area contributed by atoms with E-state index in [2.05, 4.69) is 26.2 Å². The van der Waals surface area contributed by atoms with Crippen molar-refractivity contribution >= 4 is 21.9 Å². The van der Waals surface area contributed by atoms with Gasteiger partial charge in [-0.2, -0.15) is 0 Å². The lowest BCUT2D eigenvalue weighted by atomic mass is 10.2. The van der Waals surface area contributed by atoms with Crippen LogP contribution in [0.3, 0.4) is 0 Å². The van der Waals surface area contributed by atoms with Gasteiger partial charge in [0.15, 0.2) is 29.0 Å². The number of ether oxygens (including phenoxy) is 4. The monoisotopic (exact) mass is 421 g/mol. The Morgan fingerprint density at radius 3 is 2.73 bits per heavy atom. The second-order valence-electron chi connectivity index (χ2n) is 5.56. The van der Waals surface area contributed by atoms with Gasteiger partial charge in [0.05, 0.1) is 25.2 Å². The molecule has 8 heteroatoms. The van der Waals surface area contributed by atoms with E-state index in [9.17, 15) is 0 Å². The number of halogens is 1. The van der Waals surface area contributed by atoms with Crippen LogP contribution in [0.4, 0.5) is 0 Å². The van der Waals surface area contributed by atoms with Crippen molar-refractivity contribution in [3.8, 4) is 23.0 Å². The largest absolute Gasteiger partial charge is 0.493 e. The number of nitrogens with two attached hydrogens (primary N) is 1. The highest BCUT2D eigenvalue weighted by atomic mass is 79.9. The third-order valence-corrected chi connectivity index (χ3v) is 4.43. The molecule has 1 heterocycles. The maximum Gasteiger partial charge on any atom is 0.231 e. The summed E-state index contributed by atoms with van der Waals surface area (Å²) >= 11 is 3.47. The number of hydrogen-bond donors (Lipinski definition) is 2. The summed E-state index contributed by atoms with van der Waals surface area (Å²) in [5.74, 6) is 3.14. The highest BCUT2D eigenvalue weighted by Gasteiger charge is 2.17. The first-order chi connectivity index (χ1) is 12.6. The van der Waals surface area contributed by atoms with E-state index in [4.69, 9.17) is 24.7 Å². The molecule has 3 N–H and O–H groups in total. The van der Waals surface area contributed by atoms with Crippen molar-refractivity contribution in [3.05, 3.63) is 45.9 Å². The van der Waals surface area contributed by atoms with Crippen LogP contribution in [0.2, 0.25) is 0 Å². The molecule has 1 aliphatic heterocycles. The minimum Gasteiger partial charge on any atom is -0.493 e. The first kappa shape index (κ1) is 18.2. The lowest BCUT2D eigenvalue weighted by Gasteiger charge is -2.10. The molecular weight excluding hydrogens is 402 g/mol. The van der Waals surface area contributed by atoms with Crippen LogP contribution in [0.1, 0.15) is 11.1 Å². The van der Waals surface area contributed by atoms with Gasteiger partial charge in [0, 0.05) is 6.54 Å². The molecule has 0 saturated carbocycles. The van der Waals surface area contributed by atoms with Gasteiger partial charge < -0.3 is 30.0 Å². The van der Waals surface area contributed by atoms with Gasteiger partial charge in [0.1, 0.15) is 0 Å². The fraction of sp³-hybridized carbons (Fsp3) is 0.278. The van der Waals surface area contributed by atoms with Gasteiger partial charge >= 0.3 is 0 Å². The Hall–Kier alpha value is -2.61. The van der Waals surface area contributed by atoms with Crippen LogP contribution < -0.4 is 30.0 Å². The van der Waals surface area contributed by atoms with Crippen LogP contribution in [0, 0.1) is 0 Å². The number of nitrogens with one attached hydrogen (secondary N) is 1. The van der Waals surface area contributed by atoms with Gasteiger partial charge in [-0.15, -0.1) is 0 Å². The second kappa shape index (κ2) is 8.18. The SMILES string of the molecule is COc1ccc(CNC(N)=NCc2cc(Br)c3c(c2)OCO3)cc1OC. The van der Waals surface area contributed by atoms with E-state index in [1.807, 2.05) is 30.3 Å². The minimum absolute atomic E-state index is 0.232. The minimum atomic E-state index is 0.232. The van der Waals surface area contributed by atoms with E-state index in [-0.39, 0.29) is 6.79 Å². The maximum absolute atomic E-state index is 5.96. The van der Waals surface area contributed by atoms with E-state index in [1.54, 1.807) is 14.2 Å². The van der Waals surface area contributed by atoms with Crippen molar-refractivity contribution < 1.29 is 18.9 Å². The lowest BCUT2D eigenvalue weighted by Crippen LogP contribution is -2.31. The van der Waals surface area contributed by atoms with Crippen LogP contribution in [0.15, 0.2) is 39.8 Å². The van der Waals surface area contributed by atoms with Crippen molar-refractivity contribution in [2.24, 2.45) is 10.7 Å². The molecule has 7 nitrogen and oxygen atoms in total. The van der Waals surface area contributed by atoms with E-state index < -0.39 is 0 Å². The Bertz CT molecular complexity index is 826. The van der Waals surface area contributed by atoms with Crippen molar-refractivity contribution in [1.82, 2.24) is 5.32 Å². The van der Waals surface area contributed by atoms with Crippen LogP contribution >= 0.6 is 15.9 Å². The molecule has 2 aromatic carbocycles. The number of methoxy groups -OCH3 is 2. The smallest absolute Gasteiger partial charge is 0.231 e. The zero-order chi connectivity index (χ0) is 18.5. The van der Waals surface area contributed by atoms with Gasteiger partial charge in [0.25, 0.3) is 0 Å². The molecule has 0 fully saturated rings. The summed E-state index contributed by atoms with van der Waals surface area (Å²) < 4.78 is 22.1. The van der Waals surface area contributed by atoms with Gasteiger partial charge in [0.2, 0.25) is 6.79 Å². The summed E-state index contributed by atoms with van der Waals surface area (Å²) in [6.45, 7) is 1.19. The molecule has 26 heavy (non-hydrogen) atoms. The number of aliphatic imine (C=N–C) groups is 1. The van der Waals surface area contributed by atoms with Crippen molar-refractivity contribution in [1.29, 1.82) is 0 Å². The molecule has 2 aromatic rings. The molecule has 0 aromatic heterocycles. The fourth-order valence-electron chi connectivity index (χ4n) is 2.53.